The zero-order chi connectivity index (χ0) is 14.1. The van der Waals surface area contributed by atoms with Crippen LogP contribution < -0.4 is 0 Å². The Morgan fingerprint density at radius 1 is 1.30 bits per heavy atom. The van der Waals surface area contributed by atoms with Gasteiger partial charge in [-0.05, 0) is 17.9 Å². The van der Waals surface area contributed by atoms with Gasteiger partial charge in [0, 0.05) is 24.7 Å². The number of carbonyl (C=O) groups excluding carboxylic acids is 1. The summed E-state index contributed by atoms with van der Waals surface area (Å²) in [5, 5.41) is 20.0. The third-order valence-electron chi connectivity index (χ3n) is 4.64. The number of fused-ring (bicyclic) bond motifs is 1. The third-order valence-corrected chi connectivity index (χ3v) is 4.64. The fraction of sp³-hybridized carbons (Fsp3) is 0.471. The first-order valence-corrected chi connectivity index (χ1v) is 7.26. The molecule has 2 fully saturated rings. The molecule has 0 bridgehead atoms. The molecule has 0 heterocycles. The Kier molecular flexibility index (Phi) is 3.72. The molecule has 2 N–H and O–H groups in total. The molecule has 0 amide bonds. The van der Waals surface area contributed by atoms with Gasteiger partial charge >= 0.3 is 0 Å². The summed E-state index contributed by atoms with van der Waals surface area (Å²) in [6.45, 7) is 0. The summed E-state index contributed by atoms with van der Waals surface area (Å²) in [6, 6.07) is 9.84. The van der Waals surface area contributed by atoms with Crippen LogP contribution in [0, 0.1) is 17.8 Å². The number of Topliss-reactive ketones (excluding diaryl/α,β-unsaturated/α-hetero) is 1. The number of aliphatic hydroxyl groups excluding tert-OH is 2. The van der Waals surface area contributed by atoms with Gasteiger partial charge < -0.3 is 10.2 Å². The second-order valence-corrected chi connectivity index (χ2v) is 5.96. The van der Waals surface area contributed by atoms with Gasteiger partial charge in [-0.25, -0.2) is 0 Å². The SMILES string of the molecule is O=C1C[C@H]2C(C=CC(O)Cc3ccccc3)C(O)C[C@H]12. The van der Waals surface area contributed by atoms with E-state index in [1.807, 2.05) is 36.4 Å². The van der Waals surface area contributed by atoms with Crippen molar-refractivity contribution in [3.8, 4) is 0 Å². The number of hydrogen-bond donors (Lipinski definition) is 2. The number of hydrogen-bond acceptors (Lipinski definition) is 3. The Balaban J connectivity index is 1.58. The number of benzene rings is 1. The molecule has 0 radical (unpaired) electrons. The maximum atomic E-state index is 11.4. The van der Waals surface area contributed by atoms with Gasteiger partial charge in [-0.15, -0.1) is 0 Å². The smallest absolute Gasteiger partial charge is 0.136 e. The quantitative estimate of drug-likeness (QED) is 0.821. The van der Waals surface area contributed by atoms with Gasteiger partial charge in [0.25, 0.3) is 0 Å². The second kappa shape index (κ2) is 5.51. The van der Waals surface area contributed by atoms with Gasteiger partial charge in [-0.2, -0.15) is 0 Å². The van der Waals surface area contributed by atoms with E-state index >= 15 is 0 Å². The first kappa shape index (κ1) is 13.5. The molecule has 106 valence electrons. The number of rotatable bonds is 4. The summed E-state index contributed by atoms with van der Waals surface area (Å²) in [4.78, 5) is 11.4. The largest absolute Gasteiger partial charge is 0.392 e. The minimum absolute atomic E-state index is 0.0307. The highest BCUT2D eigenvalue weighted by Gasteiger charge is 2.51. The molecule has 20 heavy (non-hydrogen) atoms. The van der Waals surface area contributed by atoms with Crippen LogP contribution in [0.15, 0.2) is 42.5 Å². The van der Waals surface area contributed by atoms with Gasteiger partial charge in [0.05, 0.1) is 12.2 Å². The molecular formula is C17H20O3. The molecule has 0 aromatic heterocycles. The summed E-state index contributed by atoms with van der Waals surface area (Å²) >= 11 is 0. The molecule has 2 aliphatic carbocycles. The monoisotopic (exact) mass is 272 g/mol. The Morgan fingerprint density at radius 2 is 2.05 bits per heavy atom. The van der Waals surface area contributed by atoms with E-state index in [0.717, 1.165) is 5.56 Å². The van der Waals surface area contributed by atoms with Crippen LogP contribution in [0.3, 0.4) is 0 Å². The lowest BCUT2D eigenvalue weighted by molar-refractivity contribution is -0.133. The van der Waals surface area contributed by atoms with Crippen LogP contribution in [0.4, 0.5) is 0 Å². The molecule has 1 aromatic rings. The van der Waals surface area contributed by atoms with Gasteiger partial charge in [-0.1, -0.05) is 42.5 Å². The third kappa shape index (κ3) is 2.56. The molecule has 3 nitrogen and oxygen atoms in total. The second-order valence-electron chi connectivity index (χ2n) is 5.96. The highest BCUT2D eigenvalue weighted by molar-refractivity contribution is 5.88. The average molecular weight is 272 g/mol. The van der Waals surface area contributed by atoms with Crippen LogP contribution >= 0.6 is 0 Å². The molecule has 3 heteroatoms. The maximum Gasteiger partial charge on any atom is 0.136 e. The molecule has 5 atom stereocenters. The Labute approximate surface area is 118 Å². The highest BCUT2D eigenvalue weighted by atomic mass is 16.3. The van der Waals surface area contributed by atoms with E-state index in [1.54, 1.807) is 6.08 Å². The molecule has 2 saturated carbocycles. The summed E-state index contributed by atoms with van der Waals surface area (Å²) in [5.41, 5.74) is 1.09. The zero-order valence-corrected chi connectivity index (χ0v) is 11.4. The van der Waals surface area contributed by atoms with Gasteiger partial charge in [0.1, 0.15) is 5.78 Å². The van der Waals surface area contributed by atoms with E-state index in [1.165, 1.54) is 0 Å². The summed E-state index contributed by atoms with van der Waals surface area (Å²) < 4.78 is 0. The van der Waals surface area contributed by atoms with Crippen LogP contribution in [-0.2, 0) is 11.2 Å². The van der Waals surface area contributed by atoms with Gasteiger partial charge in [0.2, 0.25) is 0 Å². The number of aliphatic hydroxyl groups is 2. The molecule has 0 aliphatic heterocycles. The van der Waals surface area contributed by atoms with Gasteiger partial charge in [0.15, 0.2) is 0 Å². The summed E-state index contributed by atoms with van der Waals surface area (Å²) in [7, 11) is 0. The van der Waals surface area contributed by atoms with Crippen LogP contribution in [0.5, 0.6) is 0 Å². The molecular weight excluding hydrogens is 252 g/mol. The minimum atomic E-state index is -0.542. The van der Waals surface area contributed by atoms with Crippen molar-refractivity contribution in [2.24, 2.45) is 17.8 Å². The molecule has 1 aromatic carbocycles. The Morgan fingerprint density at radius 3 is 2.70 bits per heavy atom. The lowest BCUT2D eigenvalue weighted by Gasteiger charge is -2.31. The fourth-order valence-corrected chi connectivity index (χ4v) is 3.47. The zero-order valence-electron chi connectivity index (χ0n) is 11.4. The van der Waals surface area contributed by atoms with Crippen molar-refractivity contribution in [3.05, 3.63) is 48.0 Å². The van der Waals surface area contributed by atoms with E-state index in [4.69, 9.17) is 0 Å². The van der Waals surface area contributed by atoms with E-state index in [2.05, 4.69) is 0 Å². The highest BCUT2D eigenvalue weighted by Crippen LogP contribution is 2.48. The Hall–Kier alpha value is -1.45. The lowest BCUT2D eigenvalue weighted by Crippen LogP contribution is -2.35. The van der Waals surface area contributed by atoms with Crippen molar-refractivity contribution in [2.45, 2.75) is 31.5 Å². The number of ketones is 1. The van der Waals surface area contributed by atoms with Crippen molar-refractivity contribution < 1.29 is 15.0 Å². The lowest BCUT2D eigenvalue weighted by atomic mass is 9.71. The first-order chi connectivity index (χ1) is 9.65. The number of carbonyl (C=O) groups is 1. The van der Waals surface area contributed by atoms with Crippen molar-refractivity contribution in [3.63, 3.8) is 0 Å². The molecule has 3 rings (SSSR count). The molecule has 3 unspecified atom stereocenters. The van der Waals surface area contributed by atoms with E-state index < -0.39 is 12.2 Å². The van der Waals surface area contributed by atoms with Gasteiger partial charge in [-0.3, -0.25) is 4.79 Å². The van der Waals surface area contributed by atoms with Crippen LogP contribution in [0.25, 0.3) is 0 Å². The average Bonchev–Trinajstić information content (AvgIpc) is 2.69. The van der Waals surface area contributed by atoms with Crippen molar-refractivity contribution in [1.82, 2.24) is 0 Å². The maximum absolute atomic E-state index is 11.4. The minimum Gasteiger partial charge on any atom is -0.392 e. The van der Waals surface area contributed by atoms with E-state index in [-0.39, 0.29) is 23.5 Å². The van der Waals surface area contributed by atoms with Crippen molar-refractivity contribution >= 4 is 5.78 Å². The molecule has 0 saturated heterocycles. The topological polar surface area (TPSA) is 57.5 Å². The predicted molar refractivity (Wildman–Crippen MR) is 76.0 cm³/mol. The van der Waals surface area contributed by atoms with Crippen molar-refractivity contribution in [1.29, 1.82) is 0 Å². The summed E-state index contributed by atoms with van der Waals surface area (Å²) in [6.07, 6.45) is 4.46. The first-order valence-electron chi connectivity index (χ1n) is 7.26. The van der Waals surface area contributed by atoms with Crippen LogP contribution in [0.2, 0.25) is 0 Å². The van der Waals surface area contributed by atoms with Crippen molar-refractivity contribution in [2.75, 3.05) is 0 Å². The van der Waals surface area contributed by atoms with E-state index in [9.17, 15) is 15.0 Å². The predicted octanol–water partition coefficient (Wildman–Crippen LogP) is 1.73. The van der Waals surface area contributed by atoms with E-state index in [0.29, 0.717) is 19.3 Å². The Bertz CT molecular complexity index is 508. The summed E-state index contributed by atoms with van der Waals surface area (Å²) in [5.74, 6) is 0.668. The fourth-order valence-electron chi connectivity index (χ4n) is 3.47. The molecule has 2 aliphatic rings. The normalized spacial score (nSPS) is 34.0. The molecule has 0 spiro atoms. The standard InChI is InChI=1S/C17H20O3/c18-12(8-11-4-2-1-3-5-11)6-7-13-14-9-17(20)15(14)10-16(13)19/h1-7,12-16,18-19H,8-10H2/t12?,13?,14-,15-,16?/m0/s1. The van der Waals surface area contributed by atoms with Crippen LogP contribution in [0.1, 0.15) is 18.4 Å². The van der Waals surface area contributed by atoms with Crippen LogP contribution in [-0.4, -0.2) is 28.2 Å².